The number of anilines is 1. The molecule has 0 fully saturated rings. The quantitative estimate of drug-likeness (QED) is 0.448. The first-order chi connectivity index (χ1) is 14.4. The summed E-state index contributed by atoms with van der Waals surface area (Å²) in [5.41, 5.74) is 6.54. The van der Waals surface area contributed by atoms with Crippen molar-refractivity contribution >= 4 is 21.5 Å². The molecule has 3 rings (SSSR count). The Hall–Kier alpha value is -3.17. The first kappa shape index (κ1) is 22.5. The number of aryl methyl sites for hydroxylation is 1. The maximum absolute atomic E-state index is 13.3. The lowest BCUT2D eigenvalue weighted by Crippen LogP contribution is -2.14. The molecule has 0 bridgehead atoms. The summed E-state index contributed by atoms with van der Waals surface area (Å²) in [4.78, 5) is 12.6. The van der Waals surface area contributed by atoms with Crippen LogP contribution in [-0.2, 0) is 22.6 Å². The van der Waals surface area contributed by atoms with Gasteiger partial charge in [0.05, 0.1) is 10.5 Å². The highest BCUT2D eigenvalue weighted by atomic mass is 32.2. The molecule has 0 aliphatic heterocycles. The summed E-state index contributed by atoms with van der Waals surface area (Å²) in [5, 5.41) is 5.14. The second-order valence-corrected chi connectivity index (χ2v) is 8.62. The fourth-order valence-electron chi connectivity index (χ4n) is 3.37. The van der Waals surface area contributed by atoms with Crippen LogP contribution in [0.15, 0.2) is 65.6 Å². The number of carbonyl (C=O) groups is 1. The van der Waals surface area contributed by atoms with Crippen molar-refractivity contribution in [3.8, 4) is 11.1 Å². The van der Waals surface area contributed by atoms with Crippen molar-refractivity contribution in [3.63, 3.8) is 0 Å². The van der Waals surface area contributed by atoms with E-state index in [2.05, 4.69) is 0 Å². The van der Waals surface area contributed by atoms with Crippen LogP contribution in [0, 0.1) is 6.92 Å². The number of Topliss-reactive ketones (excluding diaryl/α,β-unsaturated/α-hetero) is 1. The van der Waals surface area contributed by atoms with Crippen molar-refractivity contribution in [2.45, 2.75) is 24.4 Å². The number of rotatable bonds is 5. The highest BCUT2D eigenvalue weighted by molar-refractivity contribution is 7.89. The van der Waals surface area contributed by atoms with E-state index in [1.165, 1.54) is 48.5 Å². The van der Waals surface area contributed by atoms with Crippen LogP contribution in [-0.4, -0.2) is 14.2 Å². The maximum atomic E-state index is 13.3. The van der Waals surface area contributed by atoms with Gasteiger partial charge in [0, 0.05) is 23.2 Å². The Morgan fingerprint density at radius 1 is 0.968 bits per heavy atom. The molecule has 0 saturated heterocycles. The molecule has 0 radical (unpaired) electrons. The van der Waals surface area contributed by atoms with Crippen LogP contribution in [0.4, 0.5) is 18.9 Å². The second kappa shape index (κ2) is 8.16. The molecule has 162 valence electrons. The van der Waals surface area contributed by atoms with E-state index in [-0.39, 0.29) is 39.5 Å². The van der Waals surface area contributed by atoms with E-state index in [9.17, 15) is 26.4 Å². The molecule has 0 aliphatic carbocycles. The number of benzene rings is 3. The predicted molar refractivity (Wildman–Crippen MR) is 112 cm³/mol. The number of carbonyl (C=O) groups excluding carboxylic acids is 1. The average Bonchev–Trinajstić information content (AvgIpc) is 2.66. The van der Waals surface area contributed by atoms with Crippen LogP contribution < -0.4 is 10.9 Å². The van der Waals surface area contributed by atoms with Crippen LogP contribution in [0.3, 0.4) is 0 Å². The van der Waals surface area contributed by atoms with E-state index in [1.807, 2.05) is 0 Å². The van der Waals surface area contributed by atoms with Crippen molar-refractivity contribution in [3.05, 3.63) is 82.9 Å². The molecule has 9 heteroatoms. The highest BCUT2D eigenvalue weighted by Crippen LogP contribution is 2.39. The summed E-state index contributed by atoms with van der Waals surface area (Å²) in [6.07, 6.45) is -4.58. The molecule has 3 aromatic carbocycles. The van der Waals surface area contributed by atoms with Gasteiger partial charge in [0.2, 0.25) is 10.0 Å². The number of hydrogen-bond donors (Lipinski definition) is 2. The summed E-state index contributed by atoms with van der Waals surface area (Å²) in [6.45, 7) is 1.57. The monoisotopic (exact) mass is 448 g/mol. The highest BCUT2D eigenvalue weighted by Gasteiger charge is 2.33. The smallest absolute Gasteiger partial charge is 0.398 e. The van der Waals surface area contributed by atoms with Gasteiger partial charge in [0.15, 0.2) is 5.78 Å². The molecule has 0 saturated carbocycles. The summed E-state index contributed by atoms with van der Waals surface area (Å²) >= 11 is 0. The molecular formula is C22H19F3N2O3S. The maximum Gasteiger partial charge on any atom is 0.417 e. The first-order valence-electron chi connectivity index (χ1n) is 9.09. The third-order valence-electron chi connectivity index (χ3n) is 4.81. The summed E-state index contributed by atoms with van der Waals surface area (Å²) in [7, 11) is -3.86. The number of hydrogen-bond acceptors (Lipinski definition) is 4. The molecule has 0 heterocycles. The van der Waals surface area contributed by atoms with E-state index in [4.69, 9.17) is 10.9 Å². The molecule has 0 spiro atoms. The minimum Gasteiger partial charge on any atom is -0.398 e. The summed E-state index contributed by atoms with van der Waals surface area (Å²) in [5.74, 6) is -0.315. The van der Waals surface area contributed by atoms with Crippen molar-refractivity contribution in [1.82, 2.24) is 0 Å². The zero-order chi connectivity index (χ0) is 23.0. The second-order valence-electron chi connectivity index (χ2n) is 7.09. The number of nitrogen functional groups attached to an aromatic ring is 1. The lowest BCUT2D eigenvalue weighted by molar-refractivity contribution is -0.137. The topological polar surface area (TPSA) is 103 Å². The zero-order valence-corrected chi connectivity index (χ0v) is 17.2. The Balaban J connectivity index is 1.89. The molecule has 0 amide bonds. The fourth-order valence-corrected chi connectivity index (χ4v) is 4.14. The standard InChI is InChI=1S/C22H19F3N2O3S/c1-13-10-14(6-9-21(13)31(27,29)30)11-20(28)15-7-8-17(19(26)12-15)16-4-2-3-5-18(16)22(23,24)25/h2-10,12H,11,26H2,1H3,(H2,27,29,30). The Morgan fingerprint density at radius 3 is 2.23 bits per heavy atom. The molecule has 5 nitrogen and oxygen atoms in total. The number of nitrogens with two attached hydrogens (primary N) is 2. The minimum absolute atomic E-state index is 0.0272. The minimum atomic E-state index is -4.54. The normalized spacial score (nSPS) is 12.0. The van der Waals surface area contributed by atoms with Crippen molar-refractivity contribution in [1.29, 1.82) is 0 Å². The molecule has 0 unspecified atom stereocenters. The molecule has 0 aromatic heterocycles. The van der Waals surface area contributed by atoms with Gasteiger partial charge in [-0.25, -0.2) is 13.6 Å². The van der Waals surface area contributed by atoms with Gasteiger partial charge in [-0.1, -0.05) is 42.5 Å². The number of halogens is 3. The van der Waals surface area contributed by atoms with Crippen molar-refractivity contribution in [2.24, 2.45) is 5.14 Å². The van der Waals surface area contributed by atoms with Crippen molar-refractivity contribution < 1.29 is 26.4 Å². The zero-order valence-electron chi connectivity index (χ0n) is 16.4. The van der Waals surface area contributed by atoms with Gasteiger partial charge in [-0.15, -0.1) is 0 Å². The van der Waals surface area contributed by atoms with Gasteiger partial charge < -0.3 is 5.73 Å². The lowest BCUT2D eigenvalue weighted by Gasteiger charge is -2.15. The Kier molecular flexibility index (Phi) is 5.93. The van der Waals surface area contributed by atoms with Crippen molar-refractivity contribution in [2.75, 3.05) is 5.73 Å². The largest absolute Gasteiger partial charge is 0.417 e. The third-order valence-corrected chi connectivity index (χ3v) is 5.88. The van der Waals surface area contributed by atoms with E-state index in [0.29, 0.717) is 11.1 Å². The van der Waals surface area contributed by atoms with E-state index in [0.717, 1.165) is 6.07 Å². The van der Waals surface area contributed by atoms with Gasteiger partial charge in [0.1, 0.15) is 0 Å². The van der Waals surface area contributed by atoms with E-state index in [1.54, 1.807) is 13.0 Å². The number of sulfonamides is 1. The third kappa shape index (κ3) is 4.95. The summed E-state index contributed by atoms with van der Waals surface area (Å²) < 4.78 is 62.9. The van der Waals surface area contributed by atoms with Gasteiger partial charge in [0.25, 0.3) is 0 Å². The van der Waals surface area contributed by atoms with Gasteiger partial charge in [-0.3, -0.25) is 4.79 Å². The molecule has 3 aromatic rings. The molecule has 0 atom stereocenters. The van der Waals surface area contributed by atoms with Gasteiger partial charge in [-0.05, 0) is 41.8 Å². The van der Waals surface area contributed by atoms with Gasteiger partial charge >= 0.3 is 6.18 Å². The van der Waals surface area contributed by atoms with Crippen LogP contribution in [0.1, 0.15) is 27.0 Å². The van der Waals surface area contributed by atoms with Gasteiger partial charge in [-0.2, -0.15) is 13.2 Å². The van der Waals surface area contributed by atoms with Crippen LogP contribution >= 0.6 is 0 Å². The average molecular weight is 448 g/mol. The Morgan fingerprint density at radius 2 is 1.65 bits per heavy atom. The van der Waals surface area contributed by atoms with Crippen LogP contribution in [0.25, 0.3) is 11.1 Å². The fraction of sp³-hybridized carbons (Fsp3) is 0.136. The summed E-state index contributed by atoms with van der Waals surface area (Å²) in [6, 6.07) is 13.6. The predicted octanol–water partition coefficient (Wildman–Crippen LogP) is 4.34. The first-order valence-corrected chi connectivity index (χ1v) is 10.6. The molecule has 4 N–H and O–H groups in total. The molecule has 31 heavy (non-hydrogen) atoms. The lowest BCUT2D eigenvalue weighted by atomic mass is 9.94. The number of alkyl halides is 3. The number of ketones is 1. The van der Waals surface area contributed by atoms with Crippen LogP contribution in [0.5, 0.6) is 0 Å². The molecule has 0 aliphatic rings. The van der Waals surface area contributed by atoms with E-state index >= 15 is 0 Å². The number of primary sulfonamides is 1. The van der Waals surface area contributed by atoms with Crippen LogP contribution in [0.2, 0.25) is 0 Å². The Bertz CT molecular complexity index is 1270. The Labute approximate surface area is 177 Å². The van der Waals surface area contributed by atoms with E-state index < -0.39 is 21.8 Å². The SMILES string of the molecule is Cc1cc(CC(=O)c2ccc(-c3ccccc3C(F)(F)F)c(N)c2)ccc1S(N)(=O)=O. The molecular weight excluding hydrogens is 429 g/mol.